The fraction of sp³-hybridized carbons (Fsp3) is 0.353. The number of aryl methyl sites for hydroxylation is 1. The lowest BCUT2D eigenvalue weighted by atomic mass is 10.1. The quantitative estimate of drug-likeness (QED) is 0.767. The lowest BCUT2D eigenvalue weighted by Crippen LogP contribution is -2.11. The highest BCUT2D eigenvalue weighted by Gasteiger charge is 2.18. The molecule has 1 heterocycles. The van der Waals surface area contributed by atoms with Crippen LogP contribution in [0.1, 0.15) is 26.0 Å². The van der Waals surface area contributed by atoms with Crippen LogP contribution in [0, 0.1) is 12.8 Å². The third-order valence-electron chi connectivity index (χ3n) is 3.23. The van der Waals surface area contributed by atoms with Crippen LogP contribution in [0.2, 0.25) is 5.02 Å². The molecule has 0 aliphatic carbocycles. The van der Waals surface area contributed by atoms with Crippen LogP contribution in [0.25, 0.3) is 11.4 Å². The number of carbonyl (C=O) groups is 1. The maximum atomic E-state index is 10.9. The summed E-state index contributed by atoms with van der Waals surface area (Å²) in [6.45, 7) is 6.20. The summed E-state index contributed by atoms with van der Waals surface area (Å²) in [7, 11) is 0. The average molecular weight is 351 g/mol. The van der Waals surface area contributed by atoms with E-state index in [9.17, 15) is 4.79 Å². The molecule has 6 nitrogen and oxygen atoms in total. The highest BCUT2D eigenvalue weighted by molar-refractivity contribution is 6.30. The van der Waals surface area contributed by atoms with E-state index in [2.05, 4.69) is 23.8 Å². The third kappa shape index (κ3) is 4.83. The highest BCUT2D eigenvalue weighted by atomic mass is 35.5. The number of benzene rings is 1. The van der Waals surface area contributed by atoms with Crippen molar-refractivity contribution < 1.29 is 19.4 Å². The van der Waals surface area contributed by atoms with Crippen LogP contribution < -0.4 is 9.47 Å². The molecular formula is C17H19ClN2O4. The van der Waals surface area contributed by atoms with Crippen LogP contribution >= 0.6 is 11.6 Å². The zero-order valence-electron chi connectivity index (χ0n) is 13.7. The summed E-state index contributed by atoms with van der Waals surface area (Å²) in [5.74, 6) is 1.01. The van der Waals surface area contributed by atoms with Gasteiger partial charge in [-0.05, 0) is 43.5 Å². The Morgan fingerprint density at radius 2 is 1.92 bits per heavy atom. The Labute approximate surface area is 145 Å². The fourth-order valence-corrected chi connectivity index (χ4v) is 2.08. The summed E-state index contributed by atoms with van der Waals surface area (Å²) >= 11 is 5.89. The van der Waals surface area contributed by atoms with Crippen molar-refractivity contribution in [2.24, 2.45) is 5.92 Å². The molecule has 0 aliphatic heterocycles. The van der Waals surface area contributed by atoms with E-state index in [1.807, 2.05) is 0 Å². The Kier molecular flexibility index (Phi) is 5.98. The van der Waals surface area contributed by atoms with Crippen molar-refractivity contribution in [1.82, 2.24) is 9.97 Å². The fourth-order valence-electron chi connectivity index (χ4n) is 1.96. The van der Waals surface area contributed by atoms with Crippen molar-refractivity contribution in [1.29, 1.82) is 0 Å². The molecule has 0 aliphatic rings. The van der Waals surface area contributed by atoms with Gasteiger partial charge in [0.05, 0.1) is 12.3 Å². The van der Waals surface area contributed by atoms with Crippen LogP contribution in [0.3, 0.4) is 0 Å². The van der Waals surface area contributed by atoms with Gasteiger partial charge in [0.25, 0.3) is 5.88 Å². The second kappa shape index (κ2) is 7.97. The minimum atomic E-state index is -1.44. The summed E-state index contributed by atoms with van der Waals surface area (Å²) in [6.07, 6.45) is -0.624. The van der Waals surface area contributed by atoms with E-state index in [1.165, 1.54) is 0 Å². The number of halogens is 1. The summed E-state index contributed by atoms with van der Waals surface area (Å²) in [4.78, 5) is 19.5. The predicted octanol–water partition coefficient (Wildman–Crippen LogP) is 4.59. The molecule has 0 saturated carbocycles. The van der Waals surface area contributed by atoms with Gasteiger partial charge < -0.3 is 14.6 Å². The summed E-state index contributed by atoms with van der Waals surface area (Å²) in [5, 5.41) is 9.50. The molecule has 24 heavy (non-hydrogen) atoms. The summed E-state index contributed by atoms with van der Waals surface area (Å²) < 4.78 is 10.4. The van der Waals surface area contributed by atoms with E-state index in [0.29, 0.717) is 29.1 Å². The minimum absolute atomic E-state index is 0.0176. The first-order valence-electron chi connectivity index (χ1n) is 7.55. The first-order valence-corrected chi connectivity index (χ1v) is 7.92. The van der Waals surface area contributed by atoms with Crippen molar-refractivity contribution in [2.45, 2.75) is 27.2 Å². The molecule has 0 amide bonds. The van der Waals surface area contributed by atoms with Gasteiger partial charge in [-0.3, -0.25) is 0 Å². The van der Waals surface area contributed by atoms with Crippen LogP contribution in [-0.4, -0.2) is 27.8 Å². The Balaban J connectivity index is 2.38. The van der Waals surface area contributed by atoms with E-state index in [4.69, 9.17) is 26.2 Å². The number of rotatable bonds is 6. The Morgan fingerprint density at radius 1 is 1.25 bits per heavy atom. The molecule has 0 unspecified atom stereocenters. The van der Waals surface area contributed by atoms with Gasteiger partial charge in [0.1, 0.15) is 0 Å². The lowest BCUT2D eigenvalue weighted by Gasteiger charge is -2.13. The third-order valence-corrected chi connectivity index (χ3v) is 3.48. The van der Waals surface area contributed by atoms with E-state index in [1.54, 1.807) is 31.2 Å². The van der Waals surface area contributed by atoms with Crippen LogP contribution in [0.4, 0.5) is 4.79 Å². The first kappa shape index (κ1) is 18.0. The van der Waals surface area contributed by atoms with Crippen molar-refractivity contribution in [3.05, 3.63) is 35.0 Å². The number of hydrogen-bond donors (Lipinski definition) is 1. The van der Waals surface area contributed by atoms with E-state index in [-0.39, 0.29) is 11.6 Å². The predicted molar refractivity (Wildman–Crippen MR) is 90.8 cm³/mol. The Morgan fingerprint density at radius 3 is 2.50 bits per heavy atom. The molecule has 2 aromatic rings. The number of nitrogens with zero attached hydrogens (tertiary/aromatic N) is 2. The lowest BCUT2D eigenvalue weighted by molar-refractivity contribution is 0.140. The zero-order valence-corrected chi connectivity index (χ0v) is 14.5. The summed E-state index contributed by atoms with van der Waals surface area (Å²) in [5.41, 5.74) is 1.13. The molecule has 1 aromatic heterocycles. The van der Waals surface area contributed by atoms with Crippen molar-refractivity contribution in [2.75, 3.05) is 6.61 Å². The molecule has 128 valence electrons. The minimum Gasteiger partial charge on any atom is -0.475 e. The van der Waals surface area contributed by atoms with E-state index < -0.39 is 6.16 Å². The smallest absolute Gasteiger partial charge is 0.475 e. The van der Waals surface area contributed by atoms with Crippen molar-refractivity contribution in [3.63, 3.8) is 0 Å². The van der Waals surface area contributed by atoms with Gasteiger partial charge in [-0.15, -0.1) is 0 Å². The SMILES string of the molecule is Cc1nc(-c2ccc(Cl)cc2)nc(OCCC(C)C)c1OC(=O)O. The van der Waals surface area contributed by atoms with Crippen molar-refractivity contribution in [3.8, 4) is 23.0 Å². The topological polar surface area (TPSA) is 81.5 Å². The van der Waals surface area contributed by atoms with Gasteiger partial charge >= 0.3 is 6.16 Å². The molecule has 2 rings (SSSR count). The molecule has 1 aromatic carbocycles. The zero-order chi connectivity index (χ0) is 17.7. The average Bonchev–Trinajstić information content (AvgIpc) is 2.50. The molecule has 0 saturated heterocycles. The molecule has 7 heteroatoms. The standard InChI is InChI=1S/C17H19ClN2O4/c1-10(2)8-9-23-16-14(24-17(21)22)11(3)19-15(20-16)12-4-6-13(18)7-5-12/h4-7,10H,8-9H2,1-3H3,(H,21,22). The summed E-state index contributed by atoms with van der Waals surface area (Å²) in [6, 6.07) is 7.03. The molecule has 0 atom stereocenters. The maximum absolute atomic E-state index is 10.9. The van der Waals surface area contributed by atoms with E-state index in [0.717, 1.165) is 12.0 Å². The van der Waals surface area contributed by atoms with Crippen molar-refractivity contribution >= 4 is 17.8 Å². The second-order valence-electron chi connectivity index (χ2n) is 5.67. The van der Waals surface area contributed by atoms with Crippen LogP contribution in [0.15, 0.2) is 24.3 Å². The van der Waals surface area contributed by atoms with Gasteiger partial charge in [0.2, 0.25) is 5.75 Å². The molecule has 1 N–H and O–H groups in total. The van der Waals surface area contributed by atoms with Gasteiger partial charge in [0.15, 0.2) is 5.82 Å². The van der Waals surface area contributed by atoms with Gasteiger partial charge in [-0.2, -0.15) is 4.98 Å². The molecule has 0 fully saturated rings. The van der Waals surface area contributed by atoms with Crippen LogP contribution in [-0.2, 0) is 0 Å². The van der Waals surface area contributed by atoms with Gasteiger partial charge in [-0.1, -0.05) is 25.4 Å². The second-order valence-corrected chi connectivity index (χ2v) is 6.11. The number of carboxylic acid groups (broad SMARTS) is 1. The molecule has 0 bridgehead atoms. The van der Waals surface area contributed by atoms with Gasteiger partial charge in [0, 0.05) is 10.6 Å². The largest absolute Gasteiger partial charge is 0.511 e. The molecule has 0 spiro atoms. The van der Waals surface area contributed by atoms with Crippen LogP contribution in [0.5, 0.6) is 11.6 Å². The molecular weight excluding hydrogens is 332 g/mol. The number of aromatic nitrogens is 2. The Bertz CT molecular complexity index is 717. The normalized spacial score (nSPS) is 10.7. The highest BCUT2D eigenvalue weighted by Crippen LogP contribution is 2.31. The van der Waals surface area contributed by atoms with Gasteiger partial charge in [-0.25, -0.2) is 9.78 Å². The maximum Gasteiger partial charge on any atom is 0.511 e. The first-order chi connectivity index (χ1) is 11.4. The number of ether oxygens (including phenoxy) is 2. The molecule has 0 radical (unpaired) electrons. The monoisotopic (exact) mass is 350 g/mol. The Hall–Kier alpha value is -2.34. The number of hydrogen-bond acceptors (Lipinski definition) is 5. The van der Waals surface area contributed by atoms with E-state index >= 15 is 0 Å².